The van der Waals surface area contributed by atoms with Gasteiger partial charge in [-0.1, -0.05) is 70.2 Å². The number of aryl methyl sites for hydroxylation is 1. The number of para-hydroxylation sites is 1. The van der Waals surface area contributed by atoms with Gasteiger partial charge in [-0.3, -0.25) is 9.67 Å². The van der Waals surface area contributed by atoms with Gasteiger partial charge in [-0.25, -0.2) is 9.54 Å². The Morgan fingerprint density at radius 1 is 1.03 bits per heavy atom. The number of fused-ring (bicyclic) bond motifs is 2. The van der Waals surface area contributed by atoms with Crippen LogP contribution in [0, 0.1) is 0 Å². The van der Waals surface area contributed by atoms with E-state index in [0.717, 1.165) is 33.7 Å². The van der Waals surface area contributed by atoms with E-state index in [-0.39, 0.29) is 5.56 Å². The van der Waals surface area contributed by atoms with Crippen LogP contribution in [0.5, 0.6) is 5.75 Å². The molecule has 0 aliphatic carbocycles. The Morgan fingerprint density at radius 3 is 2.55 bits per heavy atom. The molecule has 0 radical (unpaired) electrons. The molecule has 2 heterocycles. The number of pyridine rings is 1. The average Bonchev–Trinajstić information content (AvgIpc) is 3.26. The molecule has 5 aromatic rings. The highest BCUT2D eigenvalue weighted by Crippen LogP contribution is 2.63. The Bertz CT molecular complexity index is 1700. The van der Waals surface area contributed by atoms with E-state index in [9.17, 15) is 9.90 Å². The van der Waals surface area contributed by atoms with Crippen molar-refractivity contribution >= 4 is 46.2 Å². The van der Waals surface area contributed by atoms with E-state index in [2.05, 4.69) is 38.7 Å². The monoisotopic (exact) mass is 526 g/mol. The predicted molar refractivity (Wildman–Crippen MR) is 154 cm³/mol. The maximum Gasteiger partial charge on any atom is 0.335 e. The lowest BCUT2D eigenvalue weighted by Gasteiger charge is -2.37. The molecule has 1 atom stereocenters. The first-order valence-corrected chi connectivity index (χ1v) is 14.3. The molecule has 1 N–H and O–H groups in total. The highest BCUT2D eigenvalue weighted by atomic mass is 31.2. The SMILES string of the molecule is CCCn1nc2ccccc2c1[P@](=Nc1cccc(C(=O)O)c1)(Oc1cccc2cccnc12)C(C)(C)C. The van der Waals surface area contributed by atoms with Crippen molar-refractivity contribution in [2.24, 2.45) is 4.74 Å². The average molecular weight is 527 g/mol. The van der Waals surface area contributed by atoms with Crippen LogP contribution in [0.2, 0.25) is 0 Å². The molecule has 0 amide bonds. The maximum absolute atomic E-state index is 11.8. The fourth-order valence-electron chi connectivity index (χ4n) is 4.63. The maximum atomic E-state index is 11.8. The van der Waals surface area contributed by atoms with Gasteiger partial charge in [-0.15, -0.1) is 0 Å². The molecule has 0 saturated heterocycles. The van der Waals surface area contributed by atoms with Crippen LogP contribution < -0.4 is 9.96 Å². The number of aromatic nitrogens is 3. The number of carboxylic acid groups (broad SMARTS) is 1. The largest absolute Gasteiger partial charge is 0.478 e. The summed E-state index contributed by atoms with van der Waals surface area (Å²) in [5, 5.41) is 16.1. The molecular formula is C30H31N4O3P. The second-order valence-corrected chi connectivity index (χ2v) is 13.5. The Morgan fingerprint density at radius 2 is 1.79 bits per heavy atom. The summed E-state index contributed by atoms with van der Waals surface area (Å²) in [5.41, 5.74) is 3.28. The van der Waals surface area contributed by atoms with Crippen molar-refractivity contribution < 1.29 is 14.4 Å². The zero-order valence-corrected chi connectivity index (χ0v) is 22.9. The van der Waals surface area contributed by atoms with Crippen molar-refractivity contribution in [3.8, 4) is 5.75 Å². The van der Waals surface area contributed by atoms with Crippen LogP contribution in [0.4, 0.5) is 5.69 Å². The van der Waals surface area contributed by atoms with Crippen molar-refractivity contribution in [1.29, 1.82) is 0 Å². The number of rotatable bonds is 7. The molecule has 5 rings (SSSR count). The Labute approximate surface area is 222 Å². The molecule has 194 valence electrons. The number of aromatic carboxylic acids is 1. The summed E-state index contributed by atoms with van der Waals surface area (Å²) in [6, 6.07) is 24.6. The van der Waals surface area contributed by atoms with Crippen molar-refractivity contribution in [3.63, 3.8) is 0 Å². The molecule has 2 aromatic heterocycles. The van der Waals surface area contributed by atoms with Crippen LogP contribution in [-0.4, -0.2) is 31.0 Å². The molecule has 0 bridgehead atoms. The van der Waals surface area contributed by atoms with Gasteiger partial charge in [0.15, 0.2) is 13.0 Å². The smallest absolute Gasteiger partial charge is 0.335 e. The highest BCUT2D eigenvalue weighted by molar-refractivity contribution is 7.71. The van der Waals surface area contributed by atoms with Gasteiger partial charge < -0.3 is 9.63 Å². The zero-order valence-electron chi connectivity index (χ0n) is 22.0. The lowest BCUT2D eigenvalue weighted by Crippen LogP contribution is -2.32. The first-order chi connectivity index (χ1) is 18.2. The fourth-order valence-corrected chi connectivity index (χ4v) is 7.91. The van der Waals surface area contributed by atoms with Crippen LogP contribution in [-0.2, 0) is 6.54 Å². The number of benzene rings is 3. The Kier molecular flexibility index (Phi) is 6.80. The van der Waals surface area contributed by atoms with E-state index in [1.54, 1.807) is 24.4 Å². The van der Waals surface area contributed by atoms with Crippen LogP contribution in [0.25, 0.3) is 21.8 Å². The molecule has 3 aromatic carbocycles. The summed E-state index contributed by atoms with van der Waals surface area (Å²) in [6.07, 6.45) is 2.64. The zero-order chi connectivity index (χ0) is 26.9. The summed E-state index contributed by atoms with van der Waals surface area (Å²) < 4.78 is 14.6. The number of nitrogens with zero attached hydrogens (tertiary/aromatic N) is 4. The highest BCUT2D eigenvalue weighted by Gasteiger charge is 2.43. The van der Waals surface area contributed by atoms with Crippen molar-refractivity contribution in [3.05, 3.63) is 90.6 Å². The number of hydrogen-bond acceptors (Lipinski definition) is 5. The minimum atomic E-state index is -3.00. The summed E-state index contributed by atoms with van der Waals surface area (Å²) >= 11 is 0. The number of hydrogen-bond donors (Lipinski definition) is 1. The van der Waals surface area contributed by atoms with Gasteiger partial charge in [0.05, 0.1) is 16.8 Å². The third kappa shape index (κ3) is 4.59. The number of carbonyl (C=O) groups is 1. The summed E-state index contributed by atoms with van der Waals surface area (Å²) in [4.78, 5) is 16.5. The normalized spacial score (nSPS) is 13.4. The molecule has 7 nitrogen and oxygen atoms in total. The molecule has 0 saturated carbocycles. The summed E-state index contributed by atoms with van der Waals surface area (Å²) in [5.74, 6) is -0.361. The summed E-state index contributed by atoms with van der Waals surface area (Å²) in [6.45, 7) is 9.20. The standard InChI is InChI=1S/C30H31N4O3P/c1-5-19-34-28(24-15-6-7-16-25(24)32-34)38(30(2,3)4,33-23-14-8-12-22(20-23)29(35)36)37-26-17-9-11-21-13-10-18-31-27(21)26/h6-18,20H,5,19H2,1-4H3,(H,35,36)/t38-/m0/s1. The molecule has 8 heteroatoms. The molecule has 0 aliphatic heterocycles. The quantitative estimate of drug-likeness (QED) is 0.220. The van der Waals surface area contributed by atoms with Gasteiger partial charge in [0.25, 0.3) is 0 Å². The van der Waals surface area contributed by atoms with Crippen molar-refractivity contribution in [2.45, 2.75) is 45.8 Å². The van der Waals surface area contributed by atoms with E-state index in [4.69, 9.17) is 14.4 Å². The lowest BCUT2D eigenvalue weighted by molar-refractivity contribution is 0.0697. The summed E-state index contributed by atoms with van der Waals surface area (Å²) in [7, 11) is -3.00. The van der Waals surface area contributed by atoms with E-state index >= 15 is 0 Å². The second-order valence-electron chi connectivity index (χ2n) is 10.2. The predicted octanol–water partition coefficient (Wildman–Crippen LogP) is 7.64. The van der Waals surface area contributed by atoms with Crippen LogP contribution >= 0.6 is 7.28 Å². The van der Waals surface area contributed by atoms with Crippen LogP contribution in [0.15, 0.2) is 89.8 Å². The minimum Gasteiger partial charge on any atom is -0.478 e. The third-order valence-corrected chi connectivity index (χ3v) is 10.3. The molecule has 0 spiro atoms. The molecule has 0 fully saturated rings. The van der Waals surface area contributed by atoms with Gasteiger partial charge >= 0.3 is 5.97 Å². The van der Waals surface area contributed by atoms with Gasteiger partial charge in [-0.2, -0.15) is 5.10 Å². The van der Waals surface area contributed by atoms with E-state index in [1.165, 1.54) is 0 Å². The second kappa shape index (κ2) is 10.1. The van der Waals surface area contributed by atoms with Gasteiger partial charge in [0.1, 0.15) is 11.0 Å². The molecular weight excluding hydrogens is 495 g/mol. The van der Waals surface area contributed by atoms with Gasteiger partial charge in [-0.05, 0) is 42.8 Å². The first-order valence-electron chi connectivity index (χ1n) is 12.7. The van der Waals surface area contributed by atoms with Crippen molar-refractivity contribution in [2.75, 3.05) is 0 Å². The third-order valence-electron chi connectivity index (χ3n) is 6.43. The van der Waals surface area contributed by atoms with Gasteiger partial charge in [0.2, 0.25) is 0 Å². The Hall–Kier alpha value is -3.96. The molecule has 38 heavy (non-hydrogen) atoms. The topological polar surface area (TPSA) is 89.6 Å². The van der Waals surface area contributed by atoms with E-state index in [1.807, 2.05) is 59.3 Å². The first kappa shape index (κ1) is 25.7. The Balaban J connectivity index is 1.91. The van der Waals surface area contributed by atoms with E-state index in [0.29, 0.717) is 18.0 Å². The van der Waals surface area contributed by atoms with E-state index < -0.39 is 18.4 Å². The molecule has 0 aliphatic rings. The van der Waals surface area contributed by atoms with Crippen molar-refractivity contribution in [1.82, 2.24) is 14.8 Å². The van der Waals surface area contributed by atoms with Gasteiger partial charge in [0, 0.05) is 28.7 Å². The molecule has 0 unspecified atom stereocenters. The van der Waals surface area contributed by atoms with Crippen LogP contribution in [0.3, 0.4) is 0 Å². The fraction of sp³-hybridized carbons (Fsp3) is 0.233. The lowest BCUT2D eigenvalue weighted by atomic mass is 10.2. The number of carboxylic acids is 1. The minimum absolute atomic E-state index is 0.178. The van der Waals surface area contributed by atoms with Crippen LogP contribution in [0.1, 0.15) is 44.5 Å².